The van der Waals surface area contributed by atoms with Gasteiger partial charge >= 0.3 is 0 Å². The van der Waals surface area contributed by atoms with Crippen LogP contribution in [0.5, 0.6) is 0 Å². The molecule has 2 aliphatic carbocycles. The smallest absolute Gasteiger partial charge is 0.000137 e. The monoisotopic (exact) mass is 328 g/mol. The third-order valence-corrected chi connectivity index (χ3v) is 5.42. The topological polar surface area (TPSA) is 0 Å². The van der Waals surface area contributed by atoms with Gasteiger partial charge in [0.15, 0.2) is 0 Å². The lowest BCUT2D eigenvalue weighted by Gasteiger charge is -1.91. The van der Waals surface area contributed by atoms with Crippen molar-refractivity contribution >= 4 is 27.5 Å². The predicted octanol–water partition coefficient (Wildman–Crippen LogP) is 6.58. The molecule has 6 rings (SSSR count). The van der Waals surface area contributed by atoms with Crippen LogP contribution in [0.25, 0.3) is 27.5 Å². The van der Waals surface area contributed by atoms with E-state index in [2.05, 4.69) is 97.1 Å². The van der Waals surface area contributed by atoms with Crippen molar-refractivity contribution in [3.63, 3.8) is 0 Å². The molecule has 0 saturated heterocycles. The number of allylic oxidation sites excluding steroid dienone is 3. The molecule has 0 aromatic heterocycles. The highest BCUT2D eigenvalue weighted by atomic mass is 14.4. The zero-order chi connectivity index (χ0) is 17.1. The lowest BCUT2D eigenvalue weighted by Crippen LogP contribution is -1.70. The third-order valence-electron chi connectivity index (χ3n) is 5.42. The molecule has 120 valence electrons. The van der Waals surface area contributed by atoms with Crippen molar-refractivity contribution in [1.82, 2.24) is 0 Å². The quantitative estimate of drug-likeness (QED) is 0.343. The van der Waals surface area contributed by atoms with Gasteiger partial charge in [-0.3, -0.25) is 0 Å². The predicted molar refractivity (Wildman–Crippen MR) is 110 cm³/mol. The van der Waals surface area contributed by atoms with E-state index in [1.807, 2.05) is 0 Å². The molecule has 0 N–H and O–H groups in total. The van der Waals surface area contributed by atoms with Gasteiger partial charge in [-0.25, -0.2) is 0 Å². The minimum atomic E-state index is 1.32. The molecule has 0 spiro atoms. The van der Waals surface area contributed by atoms with E-state index in [1.54, 1.807) is 0 Å². The van der Waals surface area contributed by atoms with E-state index in [0.29, 0.717) is 0 Å². The standard InChI is InChI=1S/C26H16/c1-3-9-17(10-4-1)23-24(18-11-5-2-6-12-18)26(23)25-21-15-19-13-7-8-14-20(19)16-22(21)25/h1-16H. The Hall–Kier alpha value is -3.38. The summed E-state index contributed by atoms with van der Waals surface area (Å²) in [4.78, 5) is 0. The Morgan fingerprint density at radius 3 is 1.23 bits per heavy atom. The van der Waals surface area contributed by atoms with Crippen LogP contribution in [0.15, 0.2) is 103 Å². The molecule has 0 saturated carbocycles. The summed E-state index contributed by atoms with van der Waals surface area (Å²) in [5.41, 5.74) is 11.2. The molecule has 0 heteroatoms. The average molecular weight is 328 g/mol. The molecular formula is C26H16. The fourth-order valence-electron chi connectivity index (χ4n) is 4.10. The first kappa shape index (κ1) is 13.9. The molecule has 4 aromatic rings. The molecule has 0 bridgehead atoms. The normalized spacial score (nSPS) is 14.6. The summed E-state index contributed by atoms with van der Waals surface area (Å²) in [6.45, 7) is 0. The zero-order valence-corrected chi connectivity index (χ0v) is 14.2. The second-order valence-electron chi connectivity index (χ2n) is 6.98. The van der Waals surface area contributed by atoms with Crippen molar-refractivity contribution in [2.24, 2.45) is 0 Å². The molecule has 0 heterocycles. The highest BCUT2D eigenvalue weighted by molar-refractivity contribution is 6.34. The molecule has 0 amide bonds. The van der Waals surface area contributed by atoms with E-state index in [4.69, 9.17) is 0 Å². The largest absolute Gasteiger partial charge is 0.0622 e. The average Bonchev–Trinajstić information content (AvgIpc) is 3.60. The molecule has 0 fully saturated rings. The van der Waals surface area contributed by atoms with Crippen molar-refractivity contribution in [2.45, 2.75) is 0 Å². The first-order valence-corrected chi connectivity index (χ1v) is 9.05. The number of hydrogen-bond donors (Lipinski definition) is 0. The highest BCUT2D eigenvalue weighted by Crippen LogP contribution is 2.62. The van der Waals surface area contributed by atoms with E-state index >= 15 is 0 Å². The maximum Gasteiger partial charge on any atom is -0.000137 e. The molecule has 0 atom stereocenters. The Morgan fingerprint density at radius 2 is 0.769 bits per heavy atom. The second kappa shape index (κ2) is 5.06. The van der Waals surface area contributed by atoms with E-state index in [-0.39, 0.29) is 0 Å². The minimum absolute atomic E-state index is 1.32. The van der Waals surface area contributed by atoms with Gasteiger partial charge in [-0.15, -0.1) is 0 Å². The lowest BCUT2D eigenvalue weighted by atomic mass is 10.1. The van der Waals surface area contributed by atoms with E-state index in [1.165, 1.54) is 55.3 Å². The van der Waals surface area contributed by atoms with Gasteiger partial charge in [-0.05, 0) is 67.5 Å². The fraction of sp³-hybridized carbons (Fsp3) is 0. The summed E-state index contributed by atoms with van der Waals surface area (Å²) in [6.07, 6.45) is 0. The van der Waals surface area contributed by atoms with Crippen molar-refractivity contribution in [3.8, 4) is 0 Å². The van der Waals surface area contributed by atoms with Crippen molar-refractivity contribution in [3.05, 3.63) is 125 Å². The van der Waals surface area contributed by atoms with Crippen molar-refractivity contribution < 1.29 is 0 Å². The summed E-state index contributed by atoms with van der Waals surface area (Å²) < 4.78 is 0. The van der Waals surface area contributed by atoms with Crippen LogP contribution in [0.2, 0.25) is 0 Å². The van der Waals surface area contributed by atoms with Crippen LogP contribution in [0.3, 0.4) is 0 Å². The van der Waals surface area contributed by atoms with Gasteiger partial charge in [-0.1, -0.05) is 84.9 Å². The van der Waals surface area contributed by atoms with Crippen LogP contribution in [0.4, 0.5) is 0 Å². The Morgan fingerprint density at radius 1 is 0.346 bits per heavy atom. The van der Waals surface area contributed by atoms with Crippen LogP contribution in [0, 0.1) is 0 Å². The maximum absolute atomic E-state index is 2.34. The number of benzene rings is 4. The van der Waals surface area contributed by atoms with Gasteiger partial charge in [0.2, 0.25) is 0 Å². The molecule has 2 aliphatic rings. The molecule has 0 unspecified atom stereocenters. The summed E-state index contributed by atoms with van der Waals surface area (Å²) in [5, 5.41) is 2.65. The Labute approximate surface area is 152 Å². The maximum atomic E-state index is 2.34. The first-order chi connectivity index (χ1) is 12.9. The van der Waals surface area contributed by atoms with Crippen molar-refractivity contribution in [1.29, 1.82) is 0 Å². The molecule has 4 aromatic carbocycles. The number of rotatable bonds is 2. The zero-order valence-electron chi connectivity index (χ0n) is 14.2. The van der Waals surface area contributed by atoms with Gasteiger partial charge in [-0.2, -0.15) is 0 Å². The van der Waals surface area contributed by atoms with Crippen LogP contribution < -0.4 is 0 Å². The Bertz CT molecular complexity index is 1140. The SMILES string of the molecule is c1ccc(C2=C(c3ccccc3)C2=C2c3cc4ccccc4cc32)cc1. The third kappa shape index (κ3) is 1.96. The van der Waals surface area contributed by atoms with E-state index in [0.717, 1.165) is 0 Å². The second-order valence-corrected chi connectivity index (χ2v) is 6.98. The molecule has 0 aliphatic heterocycles. The number of fused-ring (bicyclic) bond motifs is 2. The van der Waals surface area contributed by atoms with Gasteiger partial charge in [0.05, 0.1) is 0 Å². The van der Waals surface area contributed by atoms with Gasteiger partial charge < -0.3 is 0 Å². The Kier molecular flexibility index (Phi) is 2.70. The lowest BCUT2D eigenvalue weighted by molar-refractivity contribution is 1.65. The summed E-state index contributed by atoms with van der Waals surface area (Å²) >= 11 is 0. The molecule has 26 heavy (non-hydrogen) atoms. The molecule has 0 nitrogen and oxygen atoms in total. The van der Waals surface area contributed by atoms with Gasteiger partial charge in [0, 0.05) is 0 Å². The first-order valence-electron chi connectivity index (χ1n) is 9.05. The van der Waals surface area contributed by atoms with Crippen LogP contribution in [-0.4, -0.2) is 0 Å². The number of hydrogen-bond acceptors (Lipinski definition) is 0. The van der Waals surface area contributed by atoms with E-state index < -0.39 is 0 Å². The van der Waals surface area contributed by atoms with Gasteiger partial charge in [0.1, 0.15) is 0 Å². The minimum Gasteiger partial charge on any atom is -0.0622 e. The fourth-order valence-corrected chi connectivity index (χ4v) is 4.10. The van der Waals surface area contributed by atoms with E-state index in [9.17, 15) is 0 Å². The Balaban J connectivity index is 1.54. The van der Waals surface area contributed by atoms with Crippen LogP contribution in [-0.2, 0) is 0 Å². The summed E-state index contributed by atoms with van der Waals surface area (Å²) in [7, 11) is 0. The highest BCUT2D eigenvalue weighted by Gasteiger charge is 2.41. The molecular weight excluding hydrogens is 312 g/mol. The summed E-state index contributed by atoms with van der Waals surface area (Å²) in [6, 6.07) is 34.9. The van der Waals surface area contributed by atoms with Crippen LogP contribution in [0.1, 0.15) is 22.3 Å². The summed E-state index contributed by atoms with van der Waals surface area (Å²) in [5.74, 6) is 0. The molecule has 0 radical (unpaired) electrons. The van der Waals surface area contributed by atoms with Crippen molar-refractivity contribution in [2.75, 3.05) is 0 Å². The van der Waals surface area contributed by atoms with Crippen LogP contribution >= 0.6 is 0 Å². The van der Waals surface area contributed by atoms with Gasteiger partial charge in [0.25, 0.3) is 0 Å².